The normalized spacial score (nSPS) is 14.3. The van der Waals surface area contributed by atoms with Crippen LogP contribution in [0.1, 0.15) is 42.7 Å². The highest BCUT2D eigenvalue weighted by atomic mass is 79.9. The fraction of sp³-hybridized carbons (Fsp3) is 0.375. The molecule has 1 aromatic heterocycles. The molecule has 1 nitrogen and oxygen atoms in total. The zero-order valence-corrected chi connectivity index (χ0v) is 13.8. The summed E-state index contributed by atoms with van der Waals surface area (Å²) in [6, 6.07) is 15.5. The number of hydrogen-bond donors (Lipinski definition) is 1. The first-order valence-corrected chi connectivity index (χ1v) is 8.31. The molecule has 102 valence electrons. The molecule has 1 aromatic carbocycles. The van der Waals surface area contributed by atoms with Crippen molar-refractivity contribution in [2.24, 2.45) is 0 Å². The first kappa shape index (κ1) is 14.8. The van der Waals surface area contributed by atoms with E-state index in [9.17, 15) is 0 Å². The van der Waals surface area contributed by atoms with Gasteiger partial charge in [-0.3, -0.25) is 0 Å². The molecule has 2 aromatic rings. The standard InChI is InChI=1S/C16H20BrNS/c1-12(14-6-4-3-5-7-14)10-11-18-13(2)15-8-9-16(17)19-15/h3-9,12-13,18H,10-11H2,1-2H3. The van der Waals surface area contributed by atoms with Gasteiger partial charge in [0.1, 0.15) is 0 Å². The lowest BCUT2D eigenvalue weighted by molar-refractivity contribution is 0.536. The van der Waals surface area contributed by atoms with E-state index in [1.165, 1.54) is 20.6 Å². The maximum absolute atomic E-state index is 3.60. The van der Waals surface area contributed by atoms with Crippen molar-refractivity contribution in [3.8, 4) is 0 Å². The fourth-order valence-electron chi connectivity index (χ4n) is 2.13. The van der Waals surface area contributed by atoms with Crippen LogP contribution in [-0.2, 0) is 0 Å². The molecule has 2 atom stereocenters. The van der Waals surface area contributed by atoms with Crippen molar-refractivity contribution < 1.29 is 0 Å². The predicted molar refractivity (Wildman–Crippen MR) is 87.9 cm³/mol. The van der Waals surface area contributed by atoms with E-state index in [2.05, 4.69) is 77.6 Å². The Bertz CT molecular complexity index is 494. The van der Waals surface area contributed by atoms with Crippen LogP contribution < -0.4 is 5.32 Å². The van der Waals surface area contributed by atoms with Crippen LogP contribution >= 0.6 is 27.3 Å². The van der Waals surface area contributed by atoms with Gasteiger partial charge in [-0.2, -0.15) is 0 Å². The Morgan fingerprint density at radius 3 is 2.47 bits per heavy atom. The molecule has 3 heteroatoms. The van der Waals surface area contributed by atoms with Crippen molar-refractivity contribution >= 4 is 27.3 Å². The lowest BCUT2D eigenvalue weighted by Gasteiger charge is -2.15. The minimum atomic E-state index is 0.430. The molecule has 0 aliphatic heterocycles. The average Bonchev–Trinajstić information content (AvgIpc) is 2.86. The second-order valence-corrected chi connectivity index (χ2v) is 7.41. The number of benzene rings is 1. The molecule has 2 rings (SSSR count). The van der Waals surface area contributed by atoms with E-state index in [-0.39, 0.29) is 0 Å². The summed E-state index contributed by atoms with van der Waals surface area (Å²) in [5.74, 6) is 0.607. The van der Waals surface area contributed by atoms with Crippen molar-refractivity contribution in [2.75, 3.05) is 6.54 Å². The van der Waals surface area contributed by atoms with E-state index in [4.69, 9.17) is 0 Å². The Labute approximate surface area is 128 Å². The highest BCUT2D eigenvalue weighted by Gasteiger charge is 2.09. The third kappa shape index (κ3) is 4.44. The van der Waals surface area contributed by atoms with Crippen molar-refractivity contribution in [1.82, 2.24) is 5.32 Å². The summed E-state index contributed by atoms with van der Waals surface area (Å²) in [6.07, 6.45) is 1.17. The molecule has 0 amide bonds. The van der Waals surface area contributed by atoms with E-state index in [1.807, 2.05) is 0 Å². The van der Waals surface area contributed by atoms with E-state index in [0.29, 0.717) is 12.0 Å². The molecular weight excluding hydrogens is 318 g/mol. The lowest BCUT2D eigenvalue weighted by Crippen LogP contribution is -2.20. The van der Waals surface area contributed by atoms with Crippen LogP contribution in [0.4, 0.5) is 0 Å². The van der Waals surface area contributed by atoms with Crippen molar-refractivity contribution in [2.45, 2.75) is 32.2 Å². The lowest BCUT2D eigenvalue weighted by atomic mass is 9.98. The number of thiophene rings is 1. The molecule has 0 aliphatic rings. The van der Waals surface area contributed by atoms with Gasteiger partial charge in [-0.1, -0.05) is 37.3 Å². The highest BCUT2D eigenvalue weighted by Crippen LogP contribution is 2.27. The summed E-state index contributed by atoms with van der Waals surface area (Å²) in [4.78, 5) is 1.39. The summed E-state index contributed by atoms with van der Waals surface area (Å²) in [5.41, 5.74) is 1.43. The molecular formula is C16H20BrNS. The molecule has 1 heterocycles. The van der Waals surface area contributed by atoms with Crippen molar-refractivity contribution in [3.63, 3.8) is 0 Å². The van der Waals surface area contributed by atoms with E-state index >= 15 is 0 Å². The highest BCUT2D eigenvalue weighted by molar-refractivity contribution is 9.11. The van der Waals surface area contributed by atoms with E-state index < -0.39 is 0 Å². The Hall–Kier alpha value is -0.640. The van der Waals surface area contributed by atoms with Crippen LogP contribution in [0.3, 0.4) is 0 Å². The van der Waals surface area contributed by atoms with Crippen LogP contribution in [0.2, 0.25) is 0 Å². The Balaban J connectivity index is 1.77. The largest absolute Gasteiger partial charge is 0.309 e. The monoisotopic (exact) mass is 337 g/mol. The van der Waals surface area contributed by atoms with Gasteiger partial charge < -0.3 is 5.32 Å². The predicted octanol–water partition coefficient (Wildman–Crippen LogP) is 5.36. The molecule has 0 spiro atoms. The van der Waals surface area contributed by atoms with Gasteiger partial charge in [0.05, 0.1) is 3.79 Å². The zero-order chi connectivity index (χ0) is 13.7. The average molecular weight is 338 g/mol. The van der Waals surface area contributed by atoms with Gasteiger partial charge in [0, 0.05) is 10.9 Å². The molecule has 2 unspecified atom stereocenters. The van der Waals surface area contributed by atoms with Crippen LogP contribution in [0.25, 0.3) is 0 Å². The molecule has 0 fully saturated rings. The summed E-state index contributed by atoms with van der Waals surface area (Å²) in [6.45, 7) is 5.57. The Morgan fingerprint density at radius 2 is 1.84 bits per heavy atom. The van der Waals surface area contributed by atoms with E-state index in [1.54, 1.807) is 11.3 Å². The maximum atomic E-state index is 3.60. The van der Waals surface area contributed by atoms with Gasteiger partial charge >= 0.3 is 0 Å². The topological polar surface area (TPSA) is 12.0 Å². The number of rotatable bonds is 6. The minimum Gasteiger partial charge on any atom is -0.309 e. The summed E-state index contributed by atoms with van der Waals surface area (Å²) >= 11 is 5.32. The number of hydrogen-bond acceptors (Lipinski definition) is 2. The molecule has 0 aliphatic carbocycles. The van der Waals surface area contributed by atoms with Crippen molar-refractivity contribution in [3.05, 3.63) is 56.7 Å². The van der Waals surface area contributed by atoms with Crippen molar-refractivity contribution in [1.29, 1.82) is 0 Å². The molecule has 0 saturated carbocycles. The third-order valence-electron chi connectivity index (χ3n) is 3.42. The van der Waals surface area contributed by atoms with Crippen LogP contribution in [0.15, 0.2) is 46.3 Å². The maximum Gasteiger partial charge on any atom is 0.0701 e. The van der Waals surface area contributed by atoms with Gasteiger partial charge in [0.25, 0.3) is 0 Å². The molecule has 0 bridgehead atoms. The number of halogens is 1. The van der Waals surface area contributed by atoms with Crippen LogP contribution in [-0.4, -0.2) is 6.54 Å². The summed E-state index contributed by atoms with van der Waals surface area (Å²) < 4.78 is 1.20. The van der Waals surface area contributed by atoms with Crippen LogP contribution in [0.5, 0.6) is 0 Å². The van der Waals surface area contributed by atoms with Gasteiger partial charge in [-0.15, -0.1) is 11.3 Å². The summed E-state index contributed by atoms with van der Waals surface area (Å²) in [7, 11) is 0. The number of nitrogens with one attached hydrogen (secondary N) is 1. The Morgan fingerprint density at radius 1 is 1.11 bits per heavy atom. The second-order valence-electron chi connectivity index (χ2n) is 4.92. The molecule has 1 N–H and O–H groups in total. The first-order valence-electron chi connectivity index (χ1n) is 6.70. The molecule has 0 saturated heterocycles. The fourth-order valence-corrected chi connectivity index (χ4v) is 3.58. The van der Waals surface area contributed by atoms with Gasteiger partial charge in [-0.25, -0.2) is 0 Å². The van der Waals surface area contributed by atoms with Gasteiger partial charge in [-0.05, 0) is 59.4 Å². The van der Waals surface area contributed by atoms with E-state index in [0.717, 1.165) is 6.54 Å². The minimum absolute atomic E-state index is 0.430. The molecule has 19 heavy (non-hydrogen) atoms. The zero-order valence-electron chi connectivity index (χ0n) is 11.4. The van der Waals surface area contributed by atoms with Gasteiger partial charge in [0.15, 0.2) is 0 Å². The smallest absolute Gasteiger partial charge is 0.0701 e. The van der Waals surface area contributed by atoms with Gasteiger partial charge in [0.2, 0.25) is 0 Å². The first-order chi connectivity index (χ1) is 9.16. The third-order valence-corrected chi connectivity index (χ3v) is 5.22. The molecule has 0 radical (unpaired) electrons. The quantitative estimate of drug-likeness (QED) is 0.748. The SMILES string of the molecule is CC(CCNC(C)c1ccc(Br)s1)c1ccccc1. The Kier molecular flexibility index (Phi) is 5.61. The summed E-state index contributed by atoms with van der Waals surface area (Å²) in [5, 5.41) is 3.60. The van der Waals surface area contributed by atoms with Crippen LogP contribution in [0, 0.1) is 0 Å². The second kappa shape index (κ2) is 7.22.